The molecule has 0 saturated heterocycles. The number of nitrogens with zero attached hydrogens (tertiary/aromatic N) is 8. The average Bonchev–Trinajstić information content (AvgIpc) is 3.25. The van der Waals surface area contributed by atoms with Crippen molar-refractivity contribution in [2.45, 2.75) is 64.2 Å². The van der Waals surface area contributed by atoms with Gasteiger partial charge in [-0.15, -0.1) is 0 Å². The van der Waals surface area contributed by atoms with Crippen molar-refractivity contribution in [3.05, 3.63) is 133 Å². The van der Waals surface area contributed by atoms with Crippen LogP contribution in [0.5, 0.6) is 0 Å². The standard InChI is InChI=1S/C19H16BrF3N4O4.C19H18BrF3N4O3.CH2O2.Zn/c1-26-16-15(17(29)27(18(26)30)5-2-6-31-10-28)12(13(20)9-25-16)7-11-3-4-14(24-8-11)19(21,22)23;1-3-4-7-27-17(29)14-13(11(20)9-25-16(14)26(2)18(27)30)15(28)10-5-6-12(24-8-10)19(21,22)23;2-1-3;/h3-4,8-10H,2,5-7H2,1H3;5-6,8-9,15,28H,3-4,7H2,1-2H3;1H,(H,2,3);. The van der Waals surface area contributed by atoms with Gasteiger partial charge in [-0.3, -0.25) is 47.4 Å². The number of aryl methyl sites for hydroxylation is 2. The molecule has 6 heterocycles. The number of hydrogen-bond donors (Lipinski definition) is 2. The van der Waals surface area contributed by atoms with E-state index in [1.807, 2.05) is 6.92 Å². The van der Waals surface area contributed by atoms with Crippen LogP contribution in [0.15, 0.2) is 77.2 Å². The topological polar surface area (TPSA) is 223 Å². The molecule has 6 aromatic heterocycles. The molecule has 26 heteroatoms. The molecule has 0 aliphatic heterocycles. The van der Waals surface area contributed by atoms with Gasteiger partial charge in [-0.1, -0.05) is 25.5 Å². The van der Waals surface area contributed by atoms with Crippen LogP contribution in [0.3, 0.4) is 0 Å². The number of carbonyl (C=O) groups is 2. The number of hydrogen-bond acceptors (Lipinski definition) is 12. The van der Waals surface area contributed by atoms with Crippen molar-refractivity contribution in [3.8, 4) is 0 Å². The van der Waals surface area contributed by atoms with Gasteiger partial charge in [-0.25, -0.2) is 19.6 Å². The number of unbranched alkanes of at least 4 members (excludes halogenated alkanes) is 1. The van der Waals surface area contributed by atoms with Crippen molar-refractivity contribution in [1.29, 1.82) is 0 Å². The summed E-state index contributed by atoms with van der Waals surface area (Å²) >= 11 is 6.60. The maximum absolute atomic E-state index is 13.1. The number of ether oxygens (including phenoxy) is 1. The van der Waals surface area contributed by atoms with Crippen LogP contribution in [0.1, 0.15) is 65.9 Å². The molecular formula is C39H36Br2F6N8O9Zn. The number of aliphatic hydroxyl groups excluding tert-OH is 1. The first-order valence-corrected chi connectivity index (χ1v) is 20.1. The van der Waals surface area contributed by atoms with Gasteiger partial charge in [0, 0.05) is 97.9 Å². The van der Waals surface area contributed by atoms with E-state index in [4.69, 9.17) is 9.90 Å². The van der Waals surface area contributed by atoms with Crippen LogP contribution in [0, 0.1) is 0 Å². The Bertz CT molecular complexity index is 2890. The molecule has 0 aromatic carbocycles. The zero-order valence-electron chi connectivity index (χ0n) is 34.4. The maximum atomic E-state index is 13.1. The minimum atomic E-state index is -4.61. The number of rotatable bonds is 12. The number of aliphatic hydroxyl groups is 1. The molecule has 65 heavy (non-hydrogen) atoms. The summed E-state index contributed by atoms with van der Waals surface area (Å²) in [6.07, 6.45) is -4.18. The number of carboxylic acid groups (broad SMARTS) is 1. The average molecular weight is 1100 g/mol. The van der Waals surface area contributed by atoms with E-state index in [2.05, 4.69) is 56.5 Å². The molecule has 6 aromatic rings. The van der Waals surface area contributed by atoms with Gasteiger partial charge in [0.1, 0.15) is 28.8 Å². The van der Waals surface area contributed by atoms with Crippen LogP contribution < -0.4 is 22.5 Å². The summed E-state index contributed by atoms with van der Waals surface area (Å²) in [5.74, 6) is 0. The van der Waals surface area contributed by atoms with Crippen LogP contribution in [0.25, 0.3) is 22.1 Å². The van der Waals surface area contributed by atoms with Gasteiger partial charge in [0.05, 0.1) is 17.4 Å². The molecule has 0 spiro atoms. The minimum absolute atomic E-state index is 0. The molecule has 0 fully saturated rings. The Kier molecular flexibility index (Phi) is 19.2. The first-order valence-electron chi connectivity index (χ1n) is 18.6. The van der Waals surface area contributed by atoms with Gasteiger partial charge in [0.15, 0.2) is 0 Å². The number of fused-ring (bicyclic) bond motifs is 2. The molecule has 2 N–H and O–H groups in total. The molecule has 1 atom stereocenters. The second-order valence-corrected chi connectivity index (χ2v) is 15.2. The fraction of sp³-hybridized carbons (Fsp3) is 0.333. The van der Waals surface area contributed by atoms with Crippen LogP contribution >= 0.6 is 31.9 Å². The van der Waals surface area contributed by atoms with Gasteiger partial charge in [-0.05, 0) is 68.0 Å². The van der Waals surface area contributed by atoms with E-state index in [-0.39, 0.29) is 103 Å². The molecule has 0 radical (unpaired) electrons. The second kappa shape index (κ2) is 23.1. The smallest absolute Gasteiger partial charge is 0.433 e. The van der Waals surface area contributed by atoms with Crippen LogP contribution in [-0.4, -0.2) is 68.0 Å². The molecule has 0 bridgehead atoms. The first-order chi connectivity index (χ1) is 30.1. The van der Waals surface area contributed by atoms with Crippen LogP contribution in [0.2, 0.25) is 0 Å². The summed E-state index contributed by atoms with van der Waals surface area (Å²) in [7, 11) is 2.93. The number of aromatic nitrogens is 8. The van der Waals surface area contributed by atoms with Crippen molar-refractivity contribution in [1.82, 2.24) is 38.2 Å². The Morgan fingerprint density at radius 1 is 0.738 bits per heavy atom. The Hall–Kier alpha value is -5.46. The summed E-state index contributed by atoms with van der Waals surface area (Å²) in [4.78, 5) is 85.2. The molecule has 17 nitrogen and oxygen atoms in total. The third-order valence-corrected chi connectivity index (χ3v) is 10.7. The predicted molar refractivity (Wildman–Crippen MR) is 223 cm³/mol. The van der Waals surface area contributed by atoms with Gasteiger partial charge >= 0.3 is 23.7 Å². The molecule has 1 unspecified atom stereocenters. The second-order valence-electron chi connectivity index (χ2n) is 13.5. The Labute approximate surface area is 391 Å². The molecule has 0 saturated carbocycles. The molecule has 0 aliphatic rings. The summed E-state index contributed by atoms with van der Waals surface area (Å²) in [5.41, 5.74) is -3.16. The molecule has 6 rings (SSSR count). The zero-order chi connectivity index (χ0) is 47.7. The Morgan fingerprint density at radius 2 is 1.23 bits per heavy atom. The quantitative estimate of drug-likeness (QED) is 0.0690. The van der Waals surface area contributed by atoms with Crippen molar-refractivity contribution in [2.75, 3.05) is 6.61 Å². The third-order valence-electron chi connectivity index (χ3n) is 9.36. The number of carbonyl (C=O) groups excluding carboxylic acids is 1. The summed E-state index contributed by atoms with van der Waals surface area (Å²) in [6, 6.07) is 4.00. The van der Waals surface area contributed by atoms with E-state index in [1.54, 1.807) is 0 Å². The van der Waals surface area contributed by atoms with Crippen molar-refractivity contribution in [3.63, 3.8) is 0 Å². The van der Waals surface area contributed by atoms with Crippen molar-refractivity contribution in [2.24, 2.45) is 14.1 Å². The van der Waals surface area contributed by atoms with Crippen LogP contribution in [-0.2, 0) is 79.8 Å². The molecular weight excluding hydrogens is 1060 g/mol. The Balaban J connectivity index is 0.000000321. The predicted octanol–water partition coefficient (Wildman–Crippen LogP) is 5.28. The molecule has 0 aliphatic carbocycles. The van der Waals surface area contributed by atoms with E-state index >= 15 is 0 Å². The van der Waals surface area contributed by atoms with E-state index in [9.17, 15) is 55.4 Å². The van der Waals surface area contributed by atoms with Gasteiger partial charge < -0.3 is 14.9 Å². The SMILES string of the molecule is CCCCn1c(=O)c2c(C(O)c3ccc(C(F)(F)F)nc3)c(Br)cnc2n(C)c1=O.Cn1c(=O)n(CCCOC=O)c(=O)c2c(Cc3ccc(C(F)(F)F)nc3)c(Br)cnc21.O=CO.[Zn]. The normalized spacial score (nSPS) is 11.8. The van der Waals surface area contributed by atoms with Gasteiger partial charge in [0.25, 0.3) is 24.1 Å². The summed E-state index contributed by atoms with van der Waals surface area (Å²) < 4.78 is 86.5. The van der Waals surface area contributed by atoms with Crippen molar-refractivity contribution >= 4 is 66.9 Å². The summed E-state index contributed by atoms with van der Waals surface area (Å²) in [6.45, 7) is 2.20. The van der Waals surface area contributed by atoms with Crippen molar-refractivity contribution < 1.29 is 70.4 Å². The Morgan fingerprint density at radius 3 is 1.71 bits per heavy atom. The van der Waals surface area contributed by atoms with Crippen LogP contribution in [0.4, 0.5) is 26.3 Å². The van der Waals surface area contributed by atoms with E-state index in [1.165, 1.54) is 41.7 Å². The largest absolute Gasteiger partial charge is 0.483 e. The molecule has 344 valence electrons. The van der Waals surface area contributed by atoms with Gasteiger partial charge in [-0.2, -0.15) is 26.3 Å². The van der Waals surface area contributed by atoms with E-state index in [0.29, 0.717) is 22.0 Å². The maximum Gasteiger partial charge on any atom is 0.433 e. The summed E-state index contributed by atoms with van der Waals surface area (Å²) in [5, 5.41) is 18.0. The number of pyridine rings is 4. The fourth-order valence-electron chi connectivity index (χ4n) is 6.24. The molecule has 0 amide bonds. The van der Waals surface area contributed by atoms with E-state index in [0.717, 1.165) is 46.1 Å². The first kappa shape index (κ1) is 53.9. The third kappa shape index (κ3) is 12.5. The monoisotopic (exact) mass is 1100 g/mol. The zero-order valence-corrected chi connectivity index (χ0v) is 40.5. The number of alkyl halides is 6. The van der Waals surface area contributed by atoms with Gasteiger partial charge in [0.2, 0.25) is 0 Å². The fourth-order valence-corrected chi connectivity index (χ4v) is 7.20. The number of halogens is 8. The van der Waals surface area contributed by atoms with E-state index < -0.39 is 52.3 Å². The minimum Gasteiger partial charge on any atom is -0.483 e.